The molecule has 1 amide bonds. The maximum Gasteiger partial charge on any atom is 0.445 e. The lowest BCUT2D eigenvalue weighted by molar-refractivity contribution is -0.138. The number of halogens is 3. The van der Waals surface area contributed by atoms with Crippen LogP contribution in [-0.4, -0.2) is 38.5 Å². The molecule has 0 aliphatic carbocycles. The molecule has 0 bridgehead atoms. The molecule has 11 heteroatoms. The summed E-state index contributed by atoms with van der Waals surface area (Å²) in [6.45, 7) is 2.28. The summed E-state index contributed by atoms with van der Waals surface area (Å²) >= 11 is 0.386. The summed E-state index contributed by atoms with van der Waals surface area (Å²) in [5, 5.41) is 12.4. The molecule has 3 rings (SSSR count). The van der Waals surface area contributed by atoms with Gasteiger partial charge in [0, 0.05) is 19.7 Å². The number of aromatic nitrogens is 4. The molecule has 124 valence electrons. The summed E-state index contributed by atoms with van der Waals surface area (Å²) in [6.07, 6.45) is -4.07. The maximum absolute atomic E-state index is 12.5. The van der Waals surface area contributed by atoms with Gasteiger partial charge in [-0.2, -0.15) is 18.3 Å². The summed E-state index contributed by atoms with van der Waals surface area (Å²) in [7, 11) is 1.73. The van der Waals surface area contributed by atoms with E-state index in [0.29, 0.717) is 30.1 Å². The molecule has 0 radical (unpaired) electrons. The van der Waals surface area contributed by atoms with Crippen LogP contribution >= 0.6 is 11.3 Å². The van der Waals surface area contributed by atoms with Crippen LogP contribution in [0.3, 0.4) is 0 Å². The van der Waals surface area contributed by atoms with Gasteiger partial charge in [-0.05, 0) is 13.3 Å². The molecule has 0 spiro atoms. The van der Waals surface area contributed by atoms with Crippen molar-refractivity contribution in [2.75, 3.05) is 16.8 Å². The van der Waals surface area contributed by atoms with E-state index in [1.165, 1.54) is 0 Å². The molecule has 23 heavy (non-hydrogen) atoms. The van der Waals surface area contributed by atoms with Crippen LogP contribution < -0.4 is 10.2 Å². The van der Waals surface area contributed by atoms with E-state index in [2.05, 4.69) is 20.6 Å². The summed E-state index contributed by atoms with van der Waals surface area (Å²) in [5.74, 6) is 0.432. The molecule has 7 nitrogen and oxygen atoms in total. The molecule has 1 atom stereocenters. The molecule has 1 unspecified atom stereocenters. The fraction of sp³-hybridized carbons (Fsp3) is 0.500. The maximum atomic E-state index is 12.5. The first-order chi connectivity index (χ1) is 10.8. The zero-order valence-electron chi connectivity index (χ0n) is 12.3. The Hall–Kier alpha value is -2.17. The van der Waals surface area contributed by atoms with E-state index in [9.17, 15) is 18.0 Å². The molecule has 1 aliphatic rings. The van der Waals surface area contributed by atoms with Crippen LogP contribution in [0.5, 0.6) is 0 Å². The predicted octanol–water partition coefficient (Wildman–Crippen LogP) is 1.82. The van der Waals surface area contributed by atoms with Crippen LogP contribution in [-0.2, 0) is 18.0 Å². The number of hydrogen-bond donors (Lipinski definition) is 1. The Morgan fingerprint density at radius 1 is 1.39 bits per heavy atom. The van der Waals surface area contributed by atoms with Crippen LogP contribution in [0.4, 0.5) is 24.1 Å². The van der Waals surface area contributed by atoms with Gasteiger partial charge in [-0.25, -0.2) is 0 Å². The normalized spacial score (nSPS) is 18.7. The number of alkyl halides is 3. The van der Waals surface area contributed by atoms with Gasteiger partial charge in [0.25, 0.3) is 5.91 Å². The zero-order chi connectivity index (χ0) is 16.8. The van der Waals surface area contributed by atoms with Crippen LogP contribution in [0, 0.1) is 6.92 Å². The molecule has 0 saturated carbocycles. The van der Waals surface area contributed by atoms with Gasteiger partial charge in [0.15, 0.2) is 0 Å². The second kappa shape index (κ2) is 5.48. The second-order valence-electron chi connectivity index (χ2n) is 5.15. The van der Waals surface area contributed by atoms with E-state index in [4.69, 9.17) is 0 Å². The van der Waals surface area contributed by atoms with E-state index in [-0.39, 0.29) is 11.0 Å². The molecule has 0 aromatic carbocycles. The molecule has 1 aliphatic heterocycles. The third kappa shape index (κ3) is 3.00. The molecule has 1 fully saturated rings. The van der Waals surface area contributed by atoms with Crippen molar-refractivity contribution >= 4 is 28.2 Å². The van der Waals surface area contributed by atoms with Crippen molar-refractivity contribution in [3.63, 3.8) is 0 Å². The highest BCUT2D eigenvalue weighted by Crippen LogP contribution is 2.34. The molecule has 3 heterocycles. The number of amides is 1. The largest absolute Gasteiger partial charge is 0.445 e. The van der Waals surface area contributed by atoms with Gasteiger partial charge in [0.2, 0.25) is 10.1 Å². The van der Waals surface area contributed by atoms with E-state index < -0.39 is 17.2 Å². The number of carbonyl (C=O) groups is 1. The van der Waals surface area contributed by atoms with Gasteiger partial charge >= 0.3 is 6.18 Å². The Bertz CT molecular complexity index is 739. The van der Waals surface area contributed by atoms with Gasteiger partial charge < -0.3 is 5.32 Å². The van der Waals surface area contributed by atoms with Crippen molar-refractivity contribution in [3.05, 3.63) is 16.8 Å². The number of nitrogens with one attached hydrogen (secondary N) is 1. The van der Waals surface area contributed by atoms with Crippen LogP contribution in [0.15, 0.2) is 6.07 Å². The first kappa shape index (κ1) is 15.7. The minimum Gasteiger partial charge on any atom is -0.348 e. The van der Waals surface area contributed by atoms with Crippen molar-refractivity contribution in [1.82, 2.24) is 20.0 Å². The van der Waals surface area contributed by atoms with Crippen molar-refractivity contribution in [1.29, 1.82) is 0 Å². The first-order valence-corrected chi connectivity index (χ1v) is 7.56. The predicted molar refractivity (Wildman–Crippen MR) is 77.2 cm³/mol. The minimum atomic E-state index is -4.53. The van der Waals surface area contributed by atoms with Crippen molar-refractivity contribution in [2.45, 2.75) is 25.6 Å². The Morgan fingerprint density at radius 2 is 2.13 bits per heavy atom. The summed E-state index contributed by atoms with van der Waals surface area (Å²) in [6, 6.07) is 1.16. The number of anilines is 2. The van der Waals surface area contributed by atoms with E-state index in [1.807, 2.05) is 6.92 Å². The highest BCUT2D eigenvalue weighted by Gasteiger charge is 2.38. The molecule has 1 N–H and O–H groups in total. The van der Waals surface area contributed by atoms with E-state index >= 15 is 0 Å². The average molecular weight is 346 g/mol. The topological polar surface area (TPSA) is 75.9 Å². The first-order valence-electron chi connectivity index (χ1n) is 6.75. The van der Waals surface area contributed by atoms with Crippen molar-refractivity contribution < 1.29 is 18.0 Å². The lowest BCUT2D eigenvalue weighted by Crippen LogP contribution is -2.34. The van der Waals surface area contributed by atoms with E-state index in [0.717, 1.165) is 5.69 Å². The van der Waals surface area contributed by atoms with Gasteiger partial charge in [-0.15, -0.1) is 10.2 Å². The summed E-state index contributed by atoms with van der Waals surface area (Å²) < 4.78 is 39.2. The van der Waals surface area contributed by atoms with Crippen molar-refractivity contribution in [3.8, 4) is 0 Å². The number of aryl methyl sites for hydroxylation is 2. The Kier molecular flexibility index (Phi) is 3.74. The Labute approximate surface area is 133 Å². The van der Waals surface area contributed by atoms with Crippen LogP contribution in [0.1, 0.15) is 17.1 Å². The SMILES string of the molecule is Cc1cc(N2CCC(Nc3nnc(C(F)(F)F)s3)C2=O)n(C)n1. The second-order valence-corrected chi connectivity index (χ2v) is 6.13. The van der Waals surface area contributed by atoms with Gasteiger partial charge in [-0.3, -0.25) is 14.4 Å². The lowest BCUT2D eigenvalue weighted by Gasteiger charge is -2.16. The quantitative estimate of drug-likeness (QED) is 0.917. The van der Waals surface area contributed by atoms with Gasteiger partial charge in [0.1, 0.15) is 11.9 Å². The van der Waals surface area contributed by atoms with Crippen molar-refractivity contribution in [2.24, 2.45) is 7.05 Å². The van der Waals surface area contributed by atoms with Gasteiger partial charge in [0.05, 0.1) is 5.69 Å². The molecule has 2 aromatic heterocycles. The fourth-order valence-electron chi connectivity index (χ4n) is 2.44. The van der Waals surface area contributed by atoms with Crippen LogP contribution in [0.25, 0.3) is 0 Å². The lowest BCUT2D eigenvalue weighted by atomic mass is 10.2. The molecular formula is C12H13F3N6OS. The number of carbonyl (C=O) groups excluding carboxylic acids is 1. The van der Waals surface area contributed by atoms with Gasteiger partial charge in [-0.1, -0.05) is 11.3 Å². The smallest absolute Gasteiger partial charge is 0.348 e. The monoisotopic (exact) mass is 346 g/mol. The third-order valence-corrected chi connectivity index (χ3v) is 4.32. The molecule has 2 aromatic rings. The summed E-state index contributed by atoms with van der Waals surface area (Å²) in [4.78, 5) is 14.0. The van der Waals surface area contributed by atoms with Crippen LogP contribution in [0.2, 0.25) is 0 Å². The third-order valence-electron chi connectivity index (χ3n) is 3.42. The Morgan fingerprint density at radius 3 is 2.70 bits per heavy atom. The zero-order valence-corrected chi connectivity index (χ0v) is 13.1. The van der Waals surface area contributed by atoms with E-state index in [1.54, 1.807) is 22.7 Å². The minimum absolute atomic E-state index is 0.0151. The highest BCUT2D eigenvalue weighted by molar-refractivity contribution is 7.15. The standard InChI is InChI=1S/C12H13F3N6OS/c1-6-5-8(20(2)19-6)21-4-3-7(9(21)22)16-11-18-17-10(23-11)12(13,14)15/h5,7H,3-4H2,1-2H3,(H,16,18). The molecular weight excluding hydrogens is 333 g/mol. The number of hydrogen-bond acceptors (Lipinski definition) is 6. The molecule has 1 saturated heterocycles. The summed E-state index contributed by atoms with van der Waals surface area (Å²) in [5.41, 5.74) is 0.783. The Balaban J connectivity index is 1.72. The number of rotatable bonds is 3. The number of nitrogens with zero attached hydrogens (tertiary/aromatic N) is 5. The fourth-order valence-corrected chi connectivity index (χ4v) is 3.10. The average Bonchev–Trinajstić information content (AvgIpc) is 3.12. The highest BCUT2D eigenvalue weighted by atomic mass is 32.1.